The second-order valence-electron chi connectivity index (χ2n) is 7.77. The lowest BCUT2D eigenvalue weighted by molar-refractivity contribution is 0.176. The highest BCUT2D eigenvalue weighted by molar-refractivity contribution is 6.30. The van der Waals surface area contributed by atoms with E-state index in [2.05, 4.69) is 20.4 Å². The Bertz CT molecular complexity index is 1130. The van der Waals surface area contributed by atoms with Gasteiger partial charge in [-0.05, 0) is 43.5 Å². The molecule has 3 heterocycles. The molecule has 0 aliphatic carbocycles. The van der Waals surface area contributed by atoms with Crippen molar-refractivity contribution in [3.05, 3.63) is 74.9 Å². The zero-order valence-corrected chi connectivity index (χ0v) is 18.5. The first-order valence-corrected chi connectivity index (χ1v) is 10.6. The van der Waals surface area contributed by atoms with Crippen LogP contribution in [0, 0.1) is 19.7 Å². The number of aromatic nitrogens is 3. The highest BCUT2D eigenvalue weighted by Crippen LogP contribution is 2.23. The first kappa shape index (κ1) is 22.2. The summed E-state index contributed by atoms with van der Waals surface area (Å²) in [5.74, 6) is 0.813. The first-order chi connectivity index (χ1) is 15.4. The van der Waals surface area contributed by atoms with Gasteiger partial charge in [0.15, 0.2) is 0 Å². The summed E-state index contributed by atoms with van der Waals surface area (Å²) in [7, 11) is 0. The predicted octanol–water partition coefficient (Wildman–Crippen LogP) is 3.27. The molecule has 8 nitrogen and oxygen atoms in total. The average Bonchev–Trinajstić information content (AvgIpc) is 3.10. The number of aliphatic hydroxyl groups excluding tert-OH is 1. The predicted molar refractivity (Wildman–Crippen MR) is 115 cm³/mol. The van der Waals surface area contributed by atoms with E-state index in [0.717, 1.165) is 28.3 Å². The van der Waals surface area contributed by atoms with Gasteiger partial charge in [0.1, 0.15) is 17.4 Å². The lowest BCUT2D eigenvalue weighted by atomic mass is 10.1. The zero-order chi connectivity index (χ0) is 22.8. The fraction of sp³-hybridized carbons (Fsp3) is 0.364. The van der Waals surface area contributed by atoms with Crippen molar-refractivity contribution in [2.45, 2.75) is 39.3 Å². The van der Waals surface area contributed by atoms with Crippen molar-refractivity contribution in [1.82, 2.24) is 25.3 Å². The number of nitrogens with one attached hydrogen (secondary N) is 1. The monoisotopic (exact) mass is 459 g/mol. The molecular formula is C22H23ClFN5O3. The van der Waals surface area contributed by atoms with Gasteiger partial charge in [-0.3, -0.25) is 0 Å². The van der Waals surface area contributed by atoms with Crippen LogP contribution in [-0.4, -0.2) is 44.3 Å². The maximum absolute atomic E-state index is 13.4. The highest BCUT2D eigenvalue weighted by Gasteiger charge is 2.25. The number of fused-ring (bicyclic) bond motifs is 1. The second-order valence-corrected chi connectivity index (χ2v) is 8.17. The van der Waals surface area contributed by atoms with Crippen molar-refractivity contribution >= 4 is 17.6 Å². The van der Waals surface area contributed by atoms with Gasteiger partial charge in [-0.2, -0.15) is 0 Å². The number of hydrogen-bond donors (Lipinski definition) is 2. The molecule has 1 atom stereocenters. The Morgan fingerprint density at radius 2 is 2.22 bits per heavy atom. The van der Waals surface area contributed by atoms with Gasteiger partial charge in [-0.1, -0.05) is 22.8 Å². The van der Waals surface area contributed by atoms with Gasteiger partial charge in [-0.15, -0.1) is 0 Å². The summed E-state index contributed by atoms with van der Waals surface area (Å²) in [6, 6.07) is 3.05. The van der Waals surface area contributed by atoms with Gasteiger partial charge >= 0.3 is 6.03 Å². The van der Waals surface area contributed by atoms with Crippen molar-refractivity contribution in [3.8, 4) is 0 Å². The number of rotatable bonds is 5. The molecule has 0 spiro atoms. The van der Waals surface area contributed by atoms with Crippen LogP contribution in [0.25, 0.3) is 0 Å². The van der Waals surface area contributed by atoms with E-state index in [4.69, 9.17) is 16.1 Å². The van der Waals surface area contributed by atoms with Crippen LogP contribution in [-0.2, 0) is 19.4 Å². The van der Waals surface area contributed by atoms with Crippen LogP contribution in [0.15, 0.2) is 28.9 Å². The topological polar surface area (TPSA) is 104 Å². The third kappa shape index (κ3) is 4.58. The molecule has 2 N–H and O–H groups in total. The maximum Gasteiger partial charge on any atom is 0.318 e. The summed E-state index contributed by atoms with van der Waals surface area (Å²) in [5, 5.41) is 16.4. The molecule has 1 aromatic carbocycles. The van der Waals surface area contributed by atoms with Crippen molar-refractivity contribution in [1.29, 1.82) is 0 Å². The summed E-state index contributed by atoms with van der Waals surface area (Å²) in [4.78, 5) is 23.6. The number of carbonyl (C=O) groups is 1. The van der Waals surface area contributed by atoms with Crippen molar-refractivity contribution < 1.29 is 18.8 Å². The molecule has 0 radical (unpaired) electrons. The summed E-state index contributed by atoms with van der Waals surface area (Å²) in [5.41, 5.74) is 4.07. The minimum Gasteiger partial charge on any atom is -0.394 e. The molecule has 32 heavy (non-hydrogen) atoms. The zero-order valence-electron chi connectivity index (χ0n) is 17.7. The normalized spacial score (nSPS) is 14.2. The van der Waals surface area contributed by atoms with Crippen molar-refractivity contribution in [2.24, 2.45) is 0 Å². The van der Waals surface area contributed by atoms with Crippen molar-refractivity contribution in [2.75, 3.05) is 13.2 Å². The molecule has 4 rings (SSSR count). The largest absolute Gasteiger partial charge is 0.394 e. The van der Waals surface area contributed by atoms with E-state index in [0.29, 0.717) is 37.3 Å². The molecular weight excluding hydrogens is 437 g/mol. The lowest BCUT2D eigenvalue weighted by Crippen LogP contribution is -2.45. The Balaban J connectivity index is 1.46. The van der Waals surface area contributed by atoms with Crippen molar-refractivity contribution in [3.63, 3.8) is 0 Å². The Hall–Kier alpha value is -3.04. The minimum absolute atomic E-state index is 0.0652. The number of hydrogen-bond acceptors (Lipinski definition) is 6. The molecule has 2 aromatic heterocycles. The van der Waals surface area contributed by atoms with E-state index in [1.807, 2.05) is 20.0 Å². The van der Waals surface area contributed by atoms with E-state index >= 15 is 0 Å². The van der Waals surface area contributed by atoms with Gasteiger partial charge in [0, 0.05) is 24.7 Å². The molecule has 0 unspecified atom stereocenters. The fourth-order valence-electron chi connectivity index (χ4n) is 3.72. The summed E-state index contributed by atoms with van der Waals surface area (Å²) in [6.45, 7) is 4.20. The van der Waals surface area contributed by atoms with Crippen LogP contribution in [0.4, 0.5) is 9.18 Å². The molecule has 0 saturated heterocycles. The quantitative estimate of drug-likeness (QED) is 0.606. The molecule has 2 amide bonds. The number of aliphatic hydroxyl groups is 1. The molecule has 1 aliphatic heterocycles. The van der Waals surface area contributed by atoms with Crippen LogP contribution >= 0.6 is 11.6 Å². The second kappa shape index (κ2) is 9.22. The van der Waals surface area contributed by atoms with E-state index in [1.54, 1.807) is 4.90 Å². The SMILES string of the molecule is Cc1noc(C)c1Cc1ncc2c(n1)CN(C(=O)N[C@H](CO)c1ccc(F)c(Cl)c1)CC2. The molecule has 1 aliphatic rings. The van der Waals surface area contributed by atoms with Crippen LogP contribution < -0.4 is 5.32 Å². The number of urea groups is 1. The van der Waals surface area contributed by atoms with Gasteiger partial charge < -0.3 is 19.8 Å². The average molecular weight is 460 g/mol. The summed E-state index contributed by atoms with van der Waals surface area (Å²) < 4.78 is 18.7. The molecule has 10 heteroatoms. The first-order valence-electron chi connectivity index (χ1n) is 10.2. The minimum atomic E-state index is -0.706. The van der Waals surface area contributed by atoms with Gasteiger partial charge in [0.2, 0.25) is 0 Å². The summed E-state index contributed by atoms with van der Waals surface area (Å²) in [6.07, 6.45) is 2.93. The van der Waals surface area contributed by atoms with Gasteiger partial charge in [-0.25, -0.2) is 19.2 Å². The van der Waals surface area contributed by atoms with Gasteiger partial charge in [0.05, 0.1) is 35.6 Å². The Labute approximate surface area is 189 Å². The van der Waals surface area contributed by atoms with E-state index in [-0.39, 0.29) is 17.7 Å². The molecule has 168 valence electrons. The number of nitrogens with zero attached hydrogens (tertiary/aromatic N) is 4. The lowest BCUT2D eigenvalue weighted by Gasteiger charge is -2.30. The number of halogens is 2. The third-order valence-electron chi connectivity index (χ3n) is 5.63. The molecule has 0 saturated carbocycles. The molecule has 0 fully saturated rings. The Kier molecular flexibility index (Phi) is 6.38. The van der Waals surface area contributed by atoms with Crippen LogP contribution in [0.2, 0.25) is 5.02 Å². The van der Waals surface area contributed by atoms with E-state index in [9.17, 15) is 14.3 Å². The summed E-state index contributed by atoms with van der Waals surface area (Å²) >= 11 is 5.84. The maximum atomic E-state index is 13.4. The standard InChI is InChI=1S/C22H23ClFN5O3/c1-12-16(13(2)32-28-12)8-21-25-9-15-5-6-29(10-19(15)26-21)22(31)27-20(11-30)14-3-4-18(24)17(23)7-14/h3-4,7,9,20,30H,5-6,8,10-11H2,1-2H3,(H,27,31)/t20-/m1/s1. The van der Waals surface area contributed by atoms with Crippen LogP contribution in [0.1, 0.15) is 45.7 Å². The van der Waals surface area contributed by atoms with E-state index < -0.39 is 11.9 Å². The van der Waals surface area contributed by atoms with Crippen LogP contribution in [0.5, 0.6) is 0 Å². The smallest absolute Gasteiger partial charge is 0.318 e. The Morgan fingerprint density at radius 1 is 1.41 bits per heavy atom. The number of benzene rings is 1. The van der Waals surface area contributed by atoms with Crippen LogP contribution in [0.3, 0.4) is 0 Å². The third-order valence-corrected chi connectivity index (χ3v) is 5.92. The number of aryl methyl sites for hydroxylation is 2. The molecule has 0 bridgehead atoms. The molecule has 3 aromatic rings. The van der Waals surface area contributed by atoms with Gasteiger partial charge in [0.25, 0.3) is 0 Å². The number of amides is 2. The van der Waals surface area contributed by atoms with E-state index in [1.165, 1.54) is 18.2 Å². The fourth-order valence-corrected chi connectivity index (χ4v) is 3.91. The number of carbonyl (C=O) groups excluding carboxylic acids is 1. The Morgan fingerprint density at radius 3 is 2.91 bits per heavy atom. The highest BCUT2D eigenvalue weighted by atomic mass is 35.5.